The number of hydrogen-bond donors (Lipinski definition) is 0. The number of thioether (sulfide) groups is 2. The predicted molar refractivity (Wildman–Crippen MR) is 132 cm³/mol. The van der Waals surface area contributed by atoms with Crippen molar-refractivity contribution in [2.75, 3.05) is 23.5 Å². The van der Waals surface area contributed by atoms with Gasteiger partial charge in [-0.25, -0.2) is 0 Å². The molecule has 1 atom stereocenters. The third-order valence-electron chi connectivity index (χ3n) is 5.47. The maximum Gasteiger partial charge on any atom is 0.238 e. The molecule has 1 aliphatic heterocycles. The van der Waals surface area contributed by atoms with Crippen LogP contribution in [0, 0.1) is 0 Å². The molecule has 4 aromatic rings. The summed E-state index contributed by atoms with van der Waals surface area (Å²) >= 11 is 3.17. The maximum atomic E-state index is 13.6. The minimum Gasteiger partial charge on any atom is -0.495 e. The molecule has 166 valence electrons. The third-order valence-corrected chi connectivity index (χ3v) is 7.54. The van der Waals surface area contributed by atoms with Crippen molar-refractivity contribution in [2.45, 2.75) is 16.1 Å². The molecule has 0 radical (unpaired) electrons. The number of carbonyl (C=O) groups is 1. The number of amides is 1. The second kappa shape index (κ2) is 9.72. The molecule has 8 heteroatoms. The lowest BCUT2D eigenvalue weighted by molar-refractivity contribution is -0.116. The van der Waals surface area contributed by atoms with Crippen LogP contribution >= 0.6 is 23.5 Å². The number of rotatable bonds is 6. The van der Waals surface area contributed by atoms with E-state index >= 15 is 0 Å². The lowest BCUT2D eigenvalue weighted by atomic mass is 10.1. The molecular formula is C25H22N4O2S2. The summed E-state index contributed by atoms with van der Waals surface area (Å²) in [6.07, 6.45) is 1.64. The fraction of sp³-hybridized carbons (Fsp3) is 0.160. The van der Waals surface area contributed by atoms with Gasteiger partial charge in [0.1, 0.15) is 12.1 Å². The average Bonchev–Trinajstić information content (AvgIpc) is 3.35. The fourth-order valence-corrected chi connectivity index (χ4v) is 5.88. The zero-order valence-electron chi connectivity index (χ0n) is 18.0. The van der Waals surface area contributed by atoms with Gasteiger partial charge < -0.3 is 9.64 Å². The first-order chi connectivity index (χ1) is 16.3. The van der Waals surface area contributed by atoms with Crippen LogP contribution < -0.4 is 9.64 Å². The van der Waals surface area contributed by atoms with Crippen molar-refractivity contribution in [1.29, 1.82) is 0 Å². The van der Waals surface area contributed by atoms with Gasteiger partial charge in [0.15, 0.2) is 5.16 Å². The number of carbonyl (C=O) groups excluding carboxylic acids is 1. The van der Waals surface area contributed by atoms with E-state index in [-0.39, 0.29) is 17.7 Å². The number of ether oxygens (including phenoxy) is 1. The van der Waals surface area contributed by atoms with Crippen molar-refractivity contribution in [3.63, 3.8) is 0 Å². The van der Waals surface area contributed by atoms with Crippen molar-refractivity contribution in [3.8, 4) is 11.4 Å². The number of para-hydroxylation sites is 3. The molecule has 2 heterocycles. The van der Waals surface area contributed by atoms with E-state index in [1.165, 1.54) is 11.8 Å². The number of anilines is 1. The van der Waals surface area contributed by atoms with Gasteiger partial charge in [0.05, 0.1) is 30.3 Å². The maximum absolute atomic E-state index is 13.6. The number of hydrogen-bond acceptors (Lipinski definition) is 6. The van der Waals surface area contributed by atoms with E-state index in [0.717, 1.165) is 33.3 Å². The monoisotopic (exact) mass is 474 g/mol. The van der Waals surface area contributed by atoms with Gasteiger partial charge in [0.25, 0.3) is 0 Å². The van der Waals surface area contributed by atoms with Crippen LogP contribution in [-0.4, -0.2) is 39.3 Å². The Bertz CT molecular complexity index is 1260. The van der Waals surface area contributed by atoms with Gasteiger partial charge in [0.2, 0.25) is 5.91 Å². The largest absolute Gasteiger partial charge is 0.495 e. The summed E-state index contributed by atoms with van der Waals surface area (Å²) in [6.45, 7) is 0. The van der Waals surface area contributed by atoms with Crippen LogP contribution in [0.2, 0.25) is 0 Å². The zero-order valence-corrected chi connectivity index (χ0v) is 19.6. The molecule has 0 N–H and O–H groups in total. The first-order valence-electron chi connectivity index (χ1n) is 10.5. The van der Waals surface area contributed by atoms with E-state index in [1.807, 2.05) is 70.1 Å². The van der Waals surface area contributed by atoms with Crippen molar-refractivity contribution < 1.29 is 9.53 Å². The number of benzene rings is 3. The van der Waals surface area contributed by atoms with E-state index < -0.39 is 0 Å². The summed E-state index contributed by atoms with van der Waals surface area (Å²) in [7, 11) is 1.63. The smallest absolute Gasteiger partial charge is 0.238 e. The Morgan fingerprint density at radius 2 is 1.76 bits per heavy atom. The average molecular weight is 475 g/mol. The van der Waals surface area contributed by atoms with E-state index in [4.69, 9.17) is 4.74 Å². The van der Waals surface area contributed by atoms with Crippen LogP contribution in [0.25, 0.3) is 5.69 Å². The summed E-state index contributed by atoms with van der Waals surface area (Å²) in [5.41, 5.74) is 2.93. The minimum absolute atomic E-state index is 0.0220. The number of methoxy groups -OCH3 is 1. The standard InChI is InChI=1S/C25H22N4O2S2/c1-31-22-13-7-5-11-19(22)28-17-26-27-25(28)33-16-24(30)29-20-12-6-8-14-23(20)32-15-21(29)18-9-3-2-4-10-18/h2-14,17,21H,15-16H2,1H3. The molecule has 6 nitrogen and oxygen atoms in total. The van der Waals surface area contributed by atoms with Crippen molar-refractivity contribution in [2.24, 2.45) is 0 Å². The van der Waals surface area contributed by atoms with E-state index in [2.05, 4.69) is 28.4 Å². The summed E-state index contributed by atoms with van der Waals surface area (Å²) < 4.78 is 7.34. The molecule has 0 bridgehead atoms. The van der Waals surface area contributed by atoms with Gasteiger partial charge in [0, 0.05) is 10.6 Å². The first kappa shape index (κ1) is 21.6. The molecule has 1 unspecified atom stereocenters. The minimum atomic E-state index is -0.0220. The van der Waals surface area contributed by atoms with E-state index in [0.29, 0.717) is 5.16 Å². The number of nitrogens with zero attached hydrogens (tertiary/aromatic N) is 4. The topological polar surface area (TPSA) is 60.2 Å². The summed E-state index contributed by atoms with van der Waals surface area (Å²) in [6, 6.07) is 26.0. The molecular weight excluding hydrogens is 452 g/mol. The molecule has 1 amide bonds. The Morgan fingerprint density at radius 1 is 1.03 bits per heavy atom. The molecule has 1 aliphatic rings. The van der Waals surface area contributed by atoms with Crippen LogP contribution in [0.4, 0.5) is 5.69 Å². The molecule has 0 saturated carbocycles. The Labute approximate surface area is 201 Å². The van der Waals surface area contributed by atoms with Crippen LogP contribution in [0.15, 0.2) is 95.2 Å². The SMILES string of the molecule is COc1ccccc1-n1cnnc1SCC(=O)N1c2ccccc2SCC1c1ccccc1. The predicted octanol–water partition coefficient (Wildman–Crippen LogP) is 5.25. The molecule has 3 aromatic carbocycles. The lowest BCUT2D eigenvalue weighted by Crippen LogP contribution is -2.39. The first-order valence-corrected chi connectivity index (χ1v) is 12.5. The molecule has 33 heavy (non-hydrogen) atoms. The second-order valence-electron chi connectivity index (χ2n) is 7.41. The van der Waals surface area contributed by atoms with Crippen LogP contribution in [-0.2, 0) is 4.79 Å². The molecule has 0 aliphatic carbocycles. The number of fused-ring (bicyclic) bond motifs is 1. The van der Waals surface area contributed by atoms with Crippen molar-refractivity contribution in [1.82, 2.24) is 14.8 Å². The molecule has 0 fully saturated rings. The highest BCUT2D eigenvalue weighted by molar-refractivity contribution is 8.00. The summed E-state index contributed by atoms with van der Waals surface area (Å²) in [4.78, 5) is 16.7. The van der Waals surface area contributed by atoms with Gasteiger partial charge in [-0.05, 0) is 29.8 Å². The third kappa shape index (κ3) is 4.36. The van der Waals surface area contributed by atoms with Crippen LogP contribution in [0.1, 0.15) is 11.6 Å². The molecule has 1 aromatic heterocycles. The Hall–Kier alpha value is -3.23. The van der Waals surface area contributed by atoms with E-state index in [9.17, 15) is 4.79 Å². The molecule has 0 saturated heterocycles. The van der Waals surface area contributed by atoms with Crippen molar-refractivity contribution in [3.05, 3.63) is 90.8 Å². The van der Waals surface area contributed by atoms with Crippen LogP contribution in [0.3, 0.4) is 0 Å². The summed E-state index contributed by atoms with van der Waals surface area (Å²) in [5.74, 6) is 1.82. The fourth-order valence-electron chi connectivity index (χ4n) is 3.93. The molecule has 0 spiro atoms. The van der Waals surface area contributed by atoms with Crippen molar-refractivity contribution >= 4 is 35.1 Å². The number of aromatic nitrogens is 3. The van der Waals surface area contributed by atoms with Crippen LogP contribution in [0.5, 0.6) is 5.75 Å². The van der Waals surface area contributed by atoms with Gasteiger partial charge in [-0.2, -0.15) is 0 Å². The highest BCUT2D eigenvalue weighted by Crippen LogP contribution is 2.43. The van der Waals surface area contributed by atoms with Gasteiger partial charge in [-0.1, -0.05) is 66.4 Å². The Morgan fingerprint density at radius 3 is 2.58 bits per heavy atom. The quantitative estimate of drug-likeness (QED) is 0.356. The molecule has 5 rings (SSSR count). The van der Waals surface area contributed by atoms with E-state index in [1.54, 1.807) is 25.2 Å². The summed E-state index contributed by atoms with van der Waals surface area (Å²) in [5, 5.41) is 8.97. The van der Waals surface area contributed by atoms with Gasteiger partial charge >= 0.3 is 0 Å². The van der Waals surface area contributed by atoms with Gasteiger partial charge in [-0.15, -0.1) is 22.0 Å². The Kier molecular flexibility index (Phi) is 6.37. The highest BCUT2D eigenvalue weighted by Gasteiger charge is 2.32. The Balaban J connectivity index is 1.42. The lowest BCUT2D eigenvalue weighted by Gasteiger charge is -2.37. The second-order valence-corrected chi connectivity index (χ2v) is 9.42. The zero-order chi connectivity index (χ0) is 22.6. The highest BCUT2D eigenvalue weighted by atomic mass is 32.2. The normalized spacial score (nSPS) is 15.2. The van der Waals surface area contributed by atoms with Gasteiger partial charge in [-0.3, -0.25) is 9.36 Å².